The molecule has 0 unspecified atom stereocenters. The minimum absolute atomic E-state index is 0.167. The van der Waals surface area contributed by atoms with Crippen LogP contribution in [0.1, 0.15) is 16.8 Å². The summed E-state index contributed by atoms with van der Waals surface area (Å²) in [5, 5.41) is 13.4. The molecule has 0 aliphatic rings. The van der Waals surface area contributed by atoms with Gasteiger partial charge in [-0.3, -0.25) is 0 Å². The maximum Gasteiger partial charge on any atom is 0.0645 e. The number of benzene rings is 1. The third kappa shape index (κ3) is 2.14. The summed E-state index contributed by atoms with van der Waals surface area (Å²) in [5.74, 6) is 0. The molecule has 0 aliphatic heterocycles. The van der Waals surface area contributed by atoms with Crippen LogP contribution in [-0.4, -0.2) is 21.5 Å². The summed E-state index contributed by atoms with van der Waals surface area (Å²) in [7, 11) is 0. The summed E-state index contributed by atoms with van der Waals surface area (Å²) in [6.07, 6.45) is 2.65. The summed E-state index contributed by atoms with van der Waals surface area (Å²) >= 11 is 0. The summed E-state index contributed by atoms with van der Waals surface area (Å²) in [4.78, 5) is 0. The van der Waals surface area contributed by atoms with Gasteiger partial charge in [0.25, 0.3) is 0 Å². The van der Waals surface area contributed by atoms with Crippen molar-refractivity contribution in [2.24, 2.45) is 0 Å². The topological polar surface area (TPSA) is 38.0 Å². The summed E-state index contributed by atoms with van der Waals surface area (Å²) in [5.41, 5.74) is 4.37. The fourth-order valence-electron chi connectivity index (χ4n) is 1.69. The molecule has 1 aromatic heterocycles. The van der Waals surface area contributed by atoms with E-state index in [1.165, 1.54) is 5.56 Å². The van der Waals surface area contributed by atoms with Gasteiger partial charge in [0.15, 0.2) is 0 Å². The number of aliphatic hydroxyl groups is 1. The van der Waals surface area contributed by atoms with Crippen molar-refractivity contribution in [2.45, 2.75) is 20.3 Å². The molecule has 1 N–H and O–H groups in total. The Kier molecular flexibility index (Phi) is 3.06. The summed E-state index contributed by atoms with van der Waals surface area (Å²) < 4.78 is 1.86. The van der Waals surface area contributed by atoms with Crippen LogP contribution in [-0.2, 0) is 6.42 Å². The fourth-order valence-corrected chi connectivity index (χ4v) is 1.69. The average Bonchev–Trinajstić information content (AvgIpc) is 2.62. The number of aromatic nitrogens is 2. The first-order valence-electron chi connectivity index (χ1n) is 5.44. The van der Waals surface area contributed by atoms with Gasteiger partial charge in [-0.1, -0.05) is 17.7 Å². The number of nitrogens with zero attached hydrogens (tertiary/aromatic N) is 2. The molecule has 0 amide bonds. The lowest BCUT2D eigenvalue weighted by Gasteiger charge is -2.00. The van der Waals surface area contributed by atoms with Gasteiger partial charge in [0, 0.05) is 12.8 Å². The van der Waals surface area contributed by atoms with Crippen LogP contribution in [0.3, 0.4) is 0 Å². The molecule has 1 aromatic carbocycles. The molecule has 0 spiro atoms. The maximum atomic E-state index is 8.92. The lowest BCUT2D eigenvalue weighted by molar-refractivity contribution is 0.299. The second-order valence-electron chi connectivity index (χ2n) is 3.99. The lowest BCUT2D eigenvalue weighted by Crippen LogP contribution is -1.94. The quantitative estimate of drug-likeness (QED) is 0.852. The van der Waals surface area contributed by atoms with Gasteiger partial charge in [-0.2, -0.15) is 5.10 Å². The highest BCUT2D eigenvalue weighted by Crippen LogP contribution is 2.13. The standard InChI is InChI=1S/C13H16N2O/c1-10-3-5-13(6-4-10)15-9-12(7-8-16)11(2)14-15/h3-6,9,16H,7-8H2,1-2H3. The highest BCUT2D eigenvalue weighted by molar-refractivity contribution is 5.35. The Labute approximate surface area is 95.3 Å². The van der Waals surface area contributed by atoms with E-state index in [0.29, 0.717) is 6.42 Å². The van der Waals surface area contributed by atoms with E-state index in [9.17, 15) is 0 Å². The predicted molar refractivity (Wildman–Crippen MR) is 63.8 cm³/mol. The minimum atomic E-state index is 0.167. The SMILES string of the molecule is Cc1ccc(-n2cc(CCO)c(C)n2)cc1. The molecule has 0 aliphatic carbocycles. The lowest BCUT2D eigenvalue weighted by atomic mass is 10.2. The van der Waals surface area contributed by atoms with Gasteiger partial charge in [0.05, 0.1) is 11.4 Å². The molecule has 2 rings (SSSR count). The van der Waals surface area contributed by atoms with Crippen LogP contribution in [0.15, 0.2) is 30.5 Å². The van der Waals surface area contributed by atoms with Gasteiger partial charge in [0.2, 0.25) is 0 Å². The first-order valence-corrected chi connectivity index (χ1v) is 5.44. The van der Waals surface area contributed by atoms with Gasteiger partial charge < -0.3 is 5.11 Å². The number of hydrogen-bond acceptors (Lipinski definition) is 2. The molecule has 0 saturated carbocycles. The number of aliphatic hydroxyl groups excluding tert-OH is 1. The Morgan fingerprint density at radius 3 is 2.50 bits per heavy atom. The van der Waals surface area contributed by atoms with E-state index in [1.54, 1.807) is 0 Å². The highest BCUT2D eigenvalue weighted by atomic mass is 16.2. The Bertz CT molecular complexity index is 471. The molecular formula is C13H16N2O. The Balaban J connectivity index is 2.33. The molecule has 3 heteroatoms. The molecule has 0 saturated heterocycles. The Morgan fingerprint density at radius 2 is 1.88 bits per heavy atom. The molecular weight excluding hydrogens is 200 g/mol. The highest BCUT2D eigenvalue weighted by Gasteiger charge is 2.05. The molecule has 16 heavy (non-hydrogen) atoms. The van der Waals surface area contributed by atoms with Crippen LogP contribution in [0.5, 0.6) is 0 Å². The van der Waals surface area contributed by atoms with Crippen LogP contribution in [0.4, 0.5) is 0 Å². The van der Waals surface area contributed by atoms with E-state index >= 15 is 0 Å². The number of rotatable bonds is 3. The molecule has 0 bridgehead atoms. The molecule has 0 radical (unpaired) electrons. The van der Waals surface area contributed by atoms with Crippen LogP contribution in [0.2, 0.25) is 0 Å². The van der Waals surface area contributed by atoms with Crippen molar-refractivity contribution in [2.75, 3.05) is 6.61 Å². The first kappa shape index (κ1) is 10.9. The summed E-state index contributed by atoms with van der Waals surface area (Å²) in [6.45, 7) is 4.20. The van der Waals surface area contributed by atoms with E-state index in [1.807, 2.05) is 29.9 Å². The van der Waals surface area contributed by atoms with Crippen LogP contribution in [0, 0.1) is 13.8 Å². The van der Waals surface area contributed by atoms with Crippen molar-refractivity contribution >= 4 is 0 Å². The number of hydrogen-bond donors (Lipinski definition) is 1. The zero-order valence-electron chi connectivity index (χ0n) is 9.64. The molecule has 1 heterocycles. The van der Waals surface area contributed by atoms with Crippen molar-refractivity contribution in [3.05, 3.63) is 47.3 Å². The predicted octanol–water partition coefficient (Wildman–Crippen LogP) is 2.02. The monoisotopic (exact) mass is 216 g/mol. The maximum absolute atomic E-state index is 8.92. The van der Waals surface area contributed by atoms with Gasteiger partial charge >= 0.3 is 0 Å². The van der Waals surface area contributed by atoms with Crippen molar-refractivity contribution in [1.82, 2.24) is 9.78 Å². The second kappa shape index (κ2) is 4.49. The minimum Gasteiger partial charge on any atom is -0.396 e. The van der Waals surface area contributed by atoms with E-state index < -0.39 is 0 Å². The van der Waals surface area contributed by atoms with Crippen LogP contribution in [0.25, 0.3) is 5.69 Å². The summed E-state index contributed by atoms with van der Waals surface area (Å²) in [6, 6.07) is 8.23. The zero-order chi connectivity index (χ0) is 11.5. The molecule has 2 aromatic rings. The third-order valence-electron chi connectivity index (χ3n) is 2.68. The van der Waals surface area contributed by atoms with Gasteiger partial charge in [-0.05, 0) is 38.0 Å². The van der Waals surface area contributed by atoms with E-state index in [-0.39, 0.29) is 6.61 Å². The van der Waals surface area contributed by atoms with E-state index in [2.05, 4.69) is 24.2 Å². The Morgan fingerprint density at radius 1 is 1.19 bits per heavy atom. The van der Waals surface area contributed by atoms with Crippen LogP contribution >= 0.6 is 0 Å². The van der Waals surface area contributed by atoms with E-state index in [0.717, 1.165) is 16.9 Å². The molecule has 0 atom stereocenters. The second-order valence-corrected chi connectivity index (χ2v) is 3.99. The van der Waals surface area contributed by atoms with Crippen LogP contribution < -0.4 is 0 Å². The van der Waals surface area contributed by atoms with Gasteiger partial charge in [-0.25, -0.2) is 4.68 Å². The van der Waals surface area contributed by atoms with Crippen molar-refractivity contribution in [3.63, 3.8) is 0 Å². The molecule has 3 nitrogen and oxygen atoms in total. The third-order valence-corrected chi connectivity index (χ3v) is 2.68. The largest absolute Gasteiger partial charge is 0.396 e. The fraction of sp³-hybridized carbons (Fsp3) is 0.308. The first-order chi connectivity index (χ1) is 7.70. The normalized spacial score (nSPS) is 10.7. The van der Waals surface area contributed by atoms with Crippen molar-refractivity contribution in [1.29, 1.82) is 0 Å². The number of aryl methyl sites for hydroxylation is 2. The smallest absolute Gasteiger partial charge is 0.0645 e. The molecule has 0 fully saturated rings. The van der Waals surface area contributed by atoms with Gasteiger partial charge in [-0.15, -0.1) is 0 Å². The van der Waals surface area contributed by atoms with Gasteiger partial charge in [0.1, 0.15) is 0 Å². The zero-order valence-corrected chi connectivity index (χ0v) is 9.64. The average molecular weight is 216 g/mol. The van der Waals surface area contributed by atoms with Crippen molar-refractivity contribution in [3.8, 4) is 5.69 Å². The Hall–Kier alpha value is -1.61. The van der Waals surface area contributed by atoms with Crippen molar-refractivity contribution < 1.29 is 5.11 Å². The molecule has 84 valence electrons. The van der Waals surface area contributed by atoms with E-state index in [4.69, 9.17) is 5.11 Å².